The summed E-state index contributed by atoms with van der Waals surface area (Å²) < 4.78 is 7.47. The Morgan fingerprint density at radius 3 is 2.48 bits per heavy atom. The van der Waals surface area contributed by atoms with Gasteiger partial charge in [0.25, 0.3) is 0 Å². The van der Waals surface area contributed by atoms with Crippen LogP contribution in [0.2, 0.25) is 0 Å². The van der Waals surface area contributed by atoms with Crippen LogP contribution < -0.4 is 10.1 Å². The zero-order valence-corrected chi connectivity index (χ0v) is 15.9. The predicted molar refractivity (Wildman–Crippen MR) is 108 cm³/mol. The summed E-state index contributed by atoms with van der Waals surface area (Å²) in [5, 5.41) is 7.81. The van der Waals surface area contributed by atoms with Crippen molar-refractivity contribution in [1.82, 2.24) is 14.8 Å². The zero-order valence-electron chi connectivity index (χ0n) is 15.9. The summed E-state index contributed by atoms with van der Waals surface area (Å²) in [7, 11) is 0. The third kappa shape index (κ3) is 3.45. The van der Waals surface area contributed by atoms with E-state index in [4.69, 9.17) is 4.74 Å². The molecular weight excluding hydrogens is 336 g/mol. The summed E-state index contributed by atoms with van der Waals surface area (Å²) in [5.41, 5.74) is 4.67. The second kappa shape index (κ2) is 7.27. The molecule has 0 radical (unpaired) electrons. The van der Waals surface area contributed by atoms with E-state index in [0.717, 1.165) is 28.5 Å². The van der Waals surface area contributed by atoms with Gasteiger partial charge in [-0.3, -0.25) is 0 Å². The van der Waals surface area contributed by atoms with Crippen LogP contribution >= 0.6 is 0 Å². The fourth-order valence-electron chi connectivity index (χ4n) is 3.31. The van der Waals surface area contributed by atoms with Crippen LogP contribution in [0.25, 0.3) is 5.70 Å². The summed E-state index contributed by atoms with van der Waals surface area (Å²) in [6.07, 6.45) is 3.78. The average Bonchev–Trinajstić information content (AvgIpc) is 3.17. The molecule has 0 saturated carbocycles. The number of nitrogens with one attached hydrogen (secondary N) is 1. The molecule has 5 heteroatoms. The fraction of sp³-hybridized carbons (Fsp3) is 0.273. The molecule has 27 heavy (non-hydrogen) atoms. The van der Waals surface area contributed by atoms with Crippen molar-refractivity contribution in [2.24, 2.45) is 0 Å². The van der Waals surface area contributed by atoms with Crippen molar-refractivity contribution in [1.29, 1.82) is 0 Å². The molecule has 0 spiro atoms. The number of allylic oxidation sites excluding steroid dienone is 1. The molecule has 138 valence electrons. The van der Waals surface area contributed by atoms with Gasteiger partial charge in [0.1, 0.15) is 18.1 Å². The predicted octanol–water partition coefficient (Wildman–Crippen LogP) is 4.86. The largest absolute Gasteiger partial charge is 0.494 e. The van der Waals surface area contributed by atoms with E-state index in [0.29, 0.717) is 12.5 Å². The van der Waals surface area contributed by atoms with Crippen molar-refractivity contribution < 1.29 is 4.74 Å². The van der Waals surface area contributed by atoms with E-state index in [1.54, 1.807) is 6.33 Å². The van der Waals surface area contributed by atoms with Gasteiger partial charge in [0.2, 0.25) is 5.95 Å². The molecule has 1 aliphatic rings. The van der Waals surface area contributed by atoms with Gasteiger partial charge in [-0.25, -0.2) is 4.68 Å². The van der Waals surface area contributed by atoms with Crippen molar-refractivity contribution in [3.63, 3.8) is 0 Å². The van der Waals surface area contributed by atoms with E-state index in [1.807, 2.05) is 23.7 Å². The van der Waals surface area contributed by atoms with E-state index < -0.39 is 0 Å². The van der Waals surface area contributed by atoms with E-state index in [2.05, 4.69) is 71.7 Å². The van der Waals surface area contributed by atoms with E-state index in [1.165, 1.54) is 5.56 Å². The number of ether oxygens (including phenoxy) is 1. The smallest absolute Gasteiger partial charge is 0.226 e. The number of anilines is 1. The quantitative estimate of drug-likeness (QED) is 0.706. The first kappa shape index (κ1) is 17.3. The Morgan fingerprint density at radius 2 is 1.81 bits per heavy atom. The standard InChI is InChI=1S/C22H24N4O/c1-4-27-19-11-9-18(10-12-19)21-13-20(25-22-23-14-24-26(21)22)17-7-5-16(6-8-17)15(2)3/h5-15,21H,4H2,1-3H3,(H,23,24,25). The molecule has 1 aromatic heterocycles. The fourth-order valence-corrected chi connectivity index (χ4v) is 3.31. The highest BCUT2D eigenvalue weighted by Gasteiger charge is 2.23. The maximum absolute atomic E-state index is 5.56. The second-order valence-corrected chi connectivity index (χ2v) is 6.96. The lowest BCUT2D eigenvalue weighted by Gasteiger charge is -2.24. The first-order valence-corrected chi connectivity index (χ1v) is 9.37. The highest BCUT2D eigenvalue weighted by Crippen LogP contribution is 2.33. The number of fused-ring (bicyclic) bond motifs is 1. The monoisotopic (exact) mass is 360 g/mol. The molecule has 1 N–H and O–H groups in total. The van der Waals surface area contributed by atoms with Crippen LogP contribution in [0.4, 0.5) is 5.95 Å². The number of rotatable bonds is 5. The Morgan fingerprint density at radius 1 is 1.07 bits per heavy atom. The second-order valence-electron chi connectivity index (χ2n) is 6.96. The third-order valence-electron chi connectivity index (χ3n) is 4.83. The molecule has 1 unspecified atom stereocenters. The van der Waals surface area contributed by atoms with Gasteiger partial charge >= 0.3 is 0 Å². The van der Waals surface area contributed by atoms with Gasteiger partial charge in [0.15, 0.2) is 0 Å². The minimum absolute atomic E-state index is 0.0146. The summed E-state index contributed by atoms with van der Waals surface area (Å²) >= 11 is 0. The number of hydrogen-bond acceptors (Lipinski definition) is 4. The van der Waals surface area contributed by atoms with E-state index in [9.17, 15) is 0 Å². The number of benzene rings is 2. The van der Waals surface area contributed by atoms with Crippen LogP contribution in [0.3, 0.4) is 0 Å². The Bertz CT molecular complexity index is 939. The molecule has 1 aliphatic heterocycles. The van der Waals surface area contributed by atoms with E-state index in [-0.39, 0.29) is 6.04 Å². The SMILES string of the molecule is CCOc1ccc(C2C=C(c3ccc(C(C)C)cc3)Nc3ncnn32)cc1. The van der Waals surface area contributed by atoms with Crippen LogP contribution in [0, 0.1) is 0 Å². The van der Waals surface area contributed by atoms with Gasteiger partial charge < -0.3 is 10.1 Å². The van der Waals surface area contributed by atoms with Crippen molar-refractivity contribution in [2.45, 2.75) is 32.7 Å². The molecule has 0 bridgehead atoms. The Kier molecular flexibility index (Phi) is 4.67. The molecule has 3 aromatic rings. The van der Waals surface area contributed by atoms with Gasteiger partial charge in [-0.1, -0.05) is 50.2 Å². The Hall–Kier alpha value is -3.08. The van der Waals surface area contributed by atoms with Crippen LogP contribution in [-0.2, 0) is 0 Å². The molecule has 2 heterocycles. The third-order valence-corrected chi connectivity index (χ3v) is 4.83. The number of nitrogens with zero attached hydrogens (tertiary/aromatic N) is 3. The van der Waals surface area contributed by atoms with Crippen molar-refractivity contribution in [3.05, 3.63) is 77.6 Å². The average molecular weight is 360 g/mol. The van der Waals surface area contributed by atoms with E-state index >= 15 is 0 Å². The Labute approximate surface area is 159 Å². The molecule has 0 saturated heterocycles. The number of hydrogen-bond donors (Lipinski definition) is 1. The van der Waals surface area contributed by atoms with Crippen molar-refractivity contribution in [3.8, 4) is 5.75 Å². The molecule has 2 aromatic carbocycles. The van der Waals surface area contributed by atoms with Gasteiger partial charge in [0.05, 0.1) is 6.61 Å². The number of aromatic nitrogens is 3. The van der Waals surface area contributed by atoms with Crippen LogP contribution in [0.1, 0.15) is 49.4 Å². The van der Waals surface area contributed by atoms with Crippen molar-refractivity contribution >= 4 is 11.6 Å². The van der Waals surface area contributed by atoms with Crippen LogP contribution in [0.15, 0.2) is 60.9 Å². The molecule has 5 nitrogen and oxygen atoms in total. The minimum Gasteiger partial charge on any atom is -0.494 e. The van der Waals surface area contributed by atoms with Crippen molar-refractivity contribution in [2.75, 3.05) is 11.9 Å². The lowest BCUT2D eigenvalue weighted by molar-refractivity contribution is 0.340. The first-order chi connectivity index (χ1) is 13.2. The van der Waals surface area contributed by atoms with Crippen LogP contribution in [0.5, 0.6) is 5.75 Å². The molecule has 4 rings (SSSR count). The van der Waals surface area contributed by atoms with Crippen LogP contribution in [-0.4, -0.2) is 21.4 Å². The molecular formula is C22H24N4O. The summed E-state index contributed by atoms with van der Waals surface area (Å²) in [4.78, 5) is 4.38. The maximum Gasteiger partial charge on any atom is 0.226 e. The Balaban J connectivity index is 1.69. The molecule has 0 aliphatic carbocycles. The molecule has 0 fully saturated rings. The normalized spacial score (nSPS) is 15.9. The lowest BCUT2D eigenvalue weighted by Crippen LogP contribution is -2.20. The first-order valence-electron chi connectivity index (χ1n) is 9.37. The summed E-state index contributed by atoms with van der Waals surface area (Å²) in [5.74, 6) is 2.15. The topological polar surface area (TPSA) is 52.0 Å². The minimum atomic E-state index is -0.0146. The van der Waals surface area contributed by atoms with Gasteiger partial charge in [-0.05, 0) is 47.7 Å². The zero-order chi connectivity index (χ0) is 18.8. The highest BCUT2D eigenvalue weighted by molar-refractivity contribution is 5.77. The maximum atomic E-state index is 5.56. The summed E-state index contributed by atoms with van der Waals surface area (Å²) in [6, 6.07) is 16.9. The van der Waals surface area contributed by atoms with Gasteiger partial charge in [0, 0.05) is 5.70 Å². The lowest BCUT2D eigenvalue weighted by atomic mass is 9.98. The molecule has 1 atom stereocenters. The highest BCUT2D eigenvalue weighted by atomic mass is 16.5. The van der Waals surface area contributed by atoms with Gasteiger partial charge in [-0.2, -0.15) is 10.1 Å². The summed E-state index contributed by atoms with van der Waals surface area (Å²) in [6.45, 7) is 7.06. The molecule has 0 amide bonds. The van der Waals surface area contributed by atoms with Gasteiger partial charge in [-0.15, -0.1) is 0 Å².